The van der Waals surface area contributed by atoms with Crippen molar-refractivity contribution in [1.29, 1.82) is 0 Å². The third-order valence-electron chi connectivity index (χ3n) is 2.97. The number of likely N-dealkylation sites (N-methyl/N-ethyl adjacent to an activating group) is 1. The molecule has 0 aliphatic carbocycles. The molecule has 2 amide bonds. The van der Waals surface area contributed by atoms with Crippen LogP contribution in [0, 0.1) is 0 Å². The quantitative estimate of drug-likeness (QED) is 0.647. The van der Waals surface area contributed by atoms with Crippen molar-refractivity contribution in [3.63, 3.8) is 0 Å². The summed E-state index contributed by atoms with van der Waals surface area (Å²) < 4.78 is 0. The maximum absolute atomic E-state index is 11.9. The molecule has 1 unspecified atom stereocenters. The molecular weight excluding hydrogens is 230 g/mol. The van der Waals surface area contributed by atoms with E-state index < -0.39 is 5.54 Å². The van der Waals surface area contributed by atoms with E-state index in [1.165, 1.54) is 0 Å². The number of carbonyl (C=O) groups is 2. The number of carbonyl (C=O) groups excluding carboxylic acids is 2. The first-order chi connectivity index (χ1) is 7.14. The summed E-state index contributed by atoms with van der Waals surface area (Å²) in [5.41, 5.74) is -0.450. The van der Waals surface area contributed by atoms with Gasteiger partial charge in [0.15, 0.2) is 0 Å². The van der Waals surface area contributed by atoms with Gasteiger partial charge in [0, 0.05) is 7.05 Å². The topological polar surface area (TPSA) is 70.2 Å². The van der Waals surface area contributed by atoms with Crippen molar-refractivity contribution in [2.24, 2.45) is 0 Å². The molecule has 1 aliphatic heterocycles. The molecule has 3 N–H and O–H groups in total. The van der Waals surface area contributed by atoms with Crippen LogP contribution in [0.15, 0.2) is 0 Å². The van der Waals surface area contributed by atoms with Crippen LogP contribution in [0.4, 0.5) is 0 Å². The summed E-state index contributed by atoms with van der Waals surface area (Å²) in [4.78, 5) is 22.8. The molecule has 6 heteroatoms. The van der Waals surface area contributed by atoms with Crippen LogP contribution in [0.2, 0.25) is 0 Å². The molecule has 1 atom stereocenters. The van der Waals surface area contributed by atoms with Crippen molar-refractivity contribution >= 4 is 24.2 Å². The Kier molecular flexibility index (Phi) is 6.36. The number of hydrogen-bond donors (Lipinski definition) is 3. The molecule has 16 heavy (non-hydrogen) atoms. The highest BCUT2D eigenvalue weighted by molar-refractivity contribution is 5.90. The van der Waals surface area contributed by atoms with Crippen molar-refractivity contribution in [2.75, 3.05) is 20.1 Å². The number of hydrogen-bond acceptors (Lipinski definition) is 3. The van der Waals surface area contributed by atoms with Crippen LogP contribution in [0.1, 0.15) is 26.2 Å². The standard InChI is InChI=1S/C10H19N3O2.ClH/c1-3-10(5-4-6-13-10)9(15)12-7-8(14)11-2;/h13H,3-7H2,1-2H3,(H,11,14)(H,12,15);1H. The number of rotatable bonds is 4. The molecular formula is C10H20ClN3O2. The van der Waals surface area contributed by atoms with Gasteiger partial charge in [0.2, 0.25) is 11.8 Å². The molecule has 5 nitrogen and oxygen atoms in total. The van der Waals surface area contributed by atoms with Gasteiger partial charge in [-0.2, -0.15) is 0 Å². The molecule has 0 aromatic heterocycles. The first kappa shape index (κ1) is 15.2. The number of nitrogens with one attached hydrogen (secondary N) is 3. The lowest BCUT2D eigenvalue weighted by molar-refractivity contribution is -0.130. The van der Waals surface area contributed by atoms with E-state index in [9.17, 15) is 9.59 Å². The van der Waals surface area contributed by atoms with Gasteiger partial charge in [-0.25, -0.2) is 0 Å². The van der Waals surface area contributed by atoms with Crippen LogP contribution in [0.5, 0.6) is 0 Å². The molecule has 1 saturated heterocycles. The zero-order valence-corrected chi connectivity index (χ0v) is 10.6. The summed E-state index contributed by atoms with van der Waals surface area (Å²) in [6.07, 6.45) is 2.62. The lowest BCUT2D eigenvalue weighted by Gasteiger charge is -2.26. The van der Waals surface area contributed by atoms with Gasteiger partial charge < -0.3 is 16.0 Å². The Morgan fingerprint density at radius 1 is 1.44 bits per heavy atom. The highest BCUT2D eigenvalue weighted by atomic mass is 35.5. The highest BCUT2D eigenvalue weighted by Crippen LogP contribution is 2.22. The minimum Gasteiger partial charge on any atom is -0.358 e. The van der Waals surface area contributed by atoms with E-state index in [0.717, 1.165) is 25.8 Å². The van der Waals surface area contributed by atoms with Gasteiger partial charge >= 0.3 is 0 Å². The zero-order valence-electron chi connectivity index (χ0n) is 9.76. The Hall–Kier alpha value is -0.810. The first-order valence-electron chi connectivity index (χ1n) is 5.38. The van der Waals surface area contributed by atoms with Gasteiger partial charge in [-0.1, -0.05) is 6.92 Å². The van der Waals surface area contributed by atoms with Gasteiger partial charge in [0.25, 0.3) is 0 Å². The lowest BCUT2D eigenvalue weighted by atomic mass is 9.93. The summed E-state index contributed by atoms with van der Waals surface area (Å²) in [7, 11) is 1.55. The van der Waals surface area contributed by atoms with E-state index in [2.05, 4.69) is 16.0 Å². The van der Waals surface area contributed by atoms with Crippen molar-refractivity contribution < 1.29 is 9.59 Å². The minimum absolute atomic E-state index is 0. The molecule has 0 aromatic rings. The predicted octanol–water partition coefficient (Wildman–Crippen LogP) is -0.197. The van der Waals surface area contributed by atoms with Crippen LogP contribution in [0.3, 0.4) is 0 Å². The van der Waals surface area contributed by atoms with E-state index in [4.69, 9.17) is 0 Å². The van der Waals surface area contributed by atoms with Crippen molar-refractivity contribution in [2.45, 2.75) is 31.7 Å². The normalized spacial score (nSPS) is 23.4. The predicted molar refractivity (Wildman–Crippen MR) is 64.6 cm³/mol. The second-order valence-electron chi connectivity index (χ2n) is 3.82. The minimum atomic E-state index is -0.450. The van der Waals surface area contributed by atoms with Crippen molar-refractivity contribution in [1.82, 2.24) is 16.0 Å². The SMILES string of the molecule is CCC1(C(=O)NCC(=O)NC)CCCN1.Cl. The van der Waals surface area contributed by atoms with Crippen LogP contribution in [-0.2, 0) is 9.59 Å². The van der Waals surface area contributed by atoms with E-state index >= 15 is 0 Å². The summed E-state index contributed by atoms with van der Waals surface area (Å²) in [6.45, 7) is 2.91. The van der Waals surface area contributed by atoms with E-state index in [1.807, 2.05) is 6.92 Å². The van der Waals surface area contributed by atoms with Gasteiger partial charge in [-0.05, 0) is 25.8 Å². The zero-order chi connectivity index (χ0) is 11.3. The molecule has 1 heterocycles. The third kappa shape index (κ3) is 3.35. The molecule has 1 fully saturated rings. The summed E-state index contributed by atoms with van der Waals surface area (Å²) >= 11 is 0. The Labute approximate surface area is 102 Å². The lowest BCUT2D eigenvalue weighted by Crippen LogP contribution is -2.54. The van der Waals surface area contributed by atoms with Crippen molar-refractivity contribution in [3.05, 3.63) is 0 Å². The molecule has 1 aliphatic rings. The van der Waals surface area contributed by atoms with Gasteiger partial charge in [-0.3, -0.25) is 9.59 Å². The second kappa shape index (κ2) is 6.70. The summed E-state index contributed by atoms with van der Waals surface area (Å²) in [5, 5.41) is 8.34. The molecule has 0 aromatic carbocycles. The molecule has 0 bridgehead atoms. The van der Waals surface area contributed by atoms with Gasteiger partial charge in [0.1, 0.15) is 0 Å². The highest BCUT2D eigenvalue weighted by Gasteiger charge is 2.38. The van der Waals surface area contributed by atoms with Crippen LogP contribution in [0.25, 0.3) is 0 Å². The average molecular weight is 250 g/mol. The summed E-state index contributed by atoms with van der Waals surface area (Å²) in [5.74, 6) is -0.237. The number of amides is 2. The molecule has 0 radical (unpaired) electrons. The Bertz CT molecular complexity index is 252. The number of halogens is 1. The van der Waals surface area contributed by atoms with E-state index in [-0.39, 0.29) is 30.8 Å². The molecule has 94 valence electrons. The van der Waals surface area contributed by atoms with Gasteiger partial charge in [-0.15, -0.1) is 12.4 Å². The van der Waals surface area contributed by atoms with Crippen LogP contribution in [-0.4, -0.2) is 37.5 Å². The van der Waals surface area contributed by atoms with Gasteiger partial charge in [0.05, 0.1) is 12.1 Å². The maximum Gasteiger partial charge on any atom is 0.240 e. The average Bonchev–Trinajstić information content (AvgIpc) is 2.75. The fourth-order valence-electron chi connectivity index (χ4n) is 1.88. The van der Waals surface area contributed by atoms with E-state index in [0.29, 0.717) is 0 Å². The smallest absolute Gasteiger partial charge is 0.240 e. The fourth-order valence-corrected chi connectivity index (χ4v) is 1.88. The first-order valence-corrected chi connectivity index (χ1v) is 5.38. The van der Waals surface area contributed by atoms with Crippen LogP contribution >= 0.6 is 12.4 Å². The monoisotopic (exact) mass is 249 g/mol. The molecule has 1 rings (SSSR count). The Balaban J connectivity index is 0.00000225. The molecule has 0 spiro atoms. The van der Waals surface area contributed by atoms with E-state index in [1.54, 1.807) is 7.05 Å². The van der Waals surface area contributed by atoms with Crippen LogP contribution < -0.4 is 16.0 Å². The summed E-state index contributed by atoms with van der Waals surface area (Å²) in [6, 6.07) is 0. The fraction of sp³-hybridized carbons (Fsp3) is 0.800. The Morgan fingerprint density at radius 3 is 2.56 bits per heavy atom. The molecule has 0 saturated carbocycles. The third-order valence-corrected chi connectivity index (χ3v) is 2.97. The maximum atomic E-state index is 11.9. The Morgan fingerprint density at radius 2 is 2.12 bits per heavy atom. The van der Waals surface area contributed by atoms with Crippen molar-refractivity contribution in [3.8, 4) is 0 Å². The largest absolute Gasteiger partial charge is 0.358 e. The second-order valence-corrected chi connectivity index (χ2v) is 3.82.